The largest absolute Gasteiger partial charge is 0.434 e. The summed E-state index contributed by atoms with van der Waals surface area (Å²) in [6, 6.07) is 3.48. The van der Waals surface area contributed by atoms with Gasteiger partial charge in [0.25, 0.3) is 5.69 Å². The highest BCUT2D eigenvalue weighted by Crippen LogP contribution is 2.25. The first kappa shape index (κ1) is 19.5. The summed E-state index contributed by atoms with van der Waals surface area (Å²) >= 11 is 0. The van der Waals surface area contributed by atoms with Crippen LogP contribution in [0, 0.1) is 16.0 Å². The molecule has 0 spiro atoms. The van der Waals surface area contributed by atoms with Crippen LogP contribution >= 0.6 is 12.4 Å². The monoisotopic (exact) mass is 353 g/mol. The minimum Gasteiger partial charge on any atom is -0.434 e. The molecule has 0 amide bonds. The molecule has 0 bridgehead atoms. The number of non-ortho nitro benzene ring substituents is 1. The van der Waals surface area contributed by atoms with Crippen LogP contribution in [0.5, 0.6) is 5.75 Å². The van der Waals surface area contributed by atoms with Crippen LogP contribution in [0.2, 0.25) is 0 Å². The molecule has 1 aromatic carbocycles. The molecule has 3 N–H and O–H groups in total. The molecule has 1 saturated heterocycles. The molecule has 0 aliphatic carbocycles. The molecule has 1 heterocycles. The van der Waals surface area contributed by atoms with E-state index in [-0.39, 0.29) is 41.9 Å². The zero-order chi connectivity index (χ0) is 16.1. The van der Waals surface area contributed by atoms with Crippen molar-refractivity contribution < 1.29 is 23.5 Å². The number of ether oxygens (including phenoxy) is 1. The molecule has 0 aromatic heterocycles. The molecular formula is C13H18ClF2N3O4. The van der Waals surface area contributed by atoms with Gasteiger partial charge in [0.05, 0.1) is 11.0 Å². The number of nitro benzene ring substituents is 1. The minimum atomic E-state index is -3.00. The van der Waals surface area contributed by atoms with Gasteiger partial charge in [-0.2, -0.15) is 8.78 Å². The second kappa shape index (κ2) is 8.92. The number of hydrogen-bond acceptors (Lipinski definition) is 6. The van der Waals surface area contributed by atoms with E-state index in [0.29, 0.717) is 19.6 Å². The van der Waals surface area contributed by atoms with Crippen LogP contribution in [-0.4, -0.2) is 42.4 Å². The van der Waals surface area contributed by atoms with Gasteiger partial charge in [-0.1, -0.05) is 0 Å². The summed E-state index contributed by atoms with van der Waals surface area (Å²) in [4.78, 5) is 10.2. The molecule has 130 valence electrons. The normalized spacial score (nSPS) is 20.3. The van der Waals surface area contributed by atoms with E-state index in [1.54, 1.807) is 0 Å². The molecule has 1 aliphatic rings. The van der Waals surface area contributed by atoms with Crippen molar-refractivity contribution in [1.29, 1.82) is 0 Å². The summed E-state index contributed by atoms with van der Waals surface area (Å²) in [5.41, 5.74) is 0.0796. The second-order valence-corrected chi connectivity index (χ2v) is 5.04. The molecule has 0 saturated carbocycles. The predicted octanol–water partition coefficient (Wildman–Crippen LogP) is 1.29. The number of benzene rings is 1. The van der Waals surface area contributed by atoms with Crippen molar-refractivity contribution in [2.24, 2.45) is 5.92 Å². The number of hydrogen-bond donors (Lipinski definition) is 3. The van der Waals surface area contributed by atoms with Gasteiger partial charge in [-0.3, -0.25) is 10.1 Å². The molecule has 7 nitrogen and oxygen atoms in total. The number of halogens is 3. The average molecular weight is 354 g/mol. The fourth-order valence-electron chi connectivity index (χ4n) is 2.35. The van der Waals surface area contributed by atoms with E-state index in [2.05, 4.69) is 15.4 Å². The molecule has 2 atom stereocenters. The fraction of sp³-hybridized carbons (Fsp3) is 0.538. The number of nitrogens with zero attached hydrogens (tertiary/aromatic N) is 1. The van der Waals surface area contributed by atoms with Crippen LogP contribution < -0.4 is 15.4 Å². The maximum Gasteiger partial charge on any atom is 0.387 e. The third kappa shape index (κ3) is 5.54. The van der Waals surface area contributed by atoms with Crippen molar-refractivity contribution in [3.8, 4) is 5.75 Å². The van der Waals surface area contributed by atoms with Crippen LogP contribution in [0.1, 0.15) is 5.56 Å². The van der Waals surface area contributed by atoms with Crippen molar-refractivity contribution in [2.45, 2.75) is 19.3 Å². The van der Waals surface area contributed by atoms with E-state index in [9.17, 15) is 24.0 Å². The summed E-state index contributed by atoms with van der Waals surface area (Å²) in [5, 5.41) is 26.5. The summed E-state index contributed by atoms with van der Waals surface area (Å²) in [7, 11) is 0. The Morgan fingerprint density at radius 1 is 1.48 bits per heavy atom. The highest BCUT2D eigenvalue weighted by Gasteiger charge is 2.24. The van der Waals surface area contributed by atoms with Crippen molar-refractivity contribution in [3.63, 3.8) is 0 Å². The zero-order valence-corrected chi connectivity index (χ0v) is 12.9. The maximum atomic E-state index is 12.4. The van der Waals surface area contributed by atoms with Gasteiger partial charge in [0.1, 0.15) is 5.75 Å². The number of alkyl halides is 2. The lowest BCUT2D eigenvalue weighted by atomic mass is 10.1. The summed E-state index contributed by atoms with van der Waals surface area (Å²) in [6.45, 7) is -1.23. The third-order valence-electron chi connectivity index (χ3n) is 3.50. The number of nitrogens with one attached hydrogen (secondary N) is 2. The van der Waals surface area contributed by atoms with Gasteiger partial charge in [0.2, 0.25) is 0 Å². The van der Waals surface area contributed by atoms with Gasteiger partial charge < -0.3 is 20.5 Å². The Kier molecular flexibility index (Phi) is 7.56. The summed E-state index contributed by atoms with van der Waals surface area (Å²) in [6.07, 6.45) is -0.464. The molecular weight excluding hydrogens is 336 g/mol. The Bertz CT molecular complexity index is 536. The lowest BCUT2D eigenvalue weighted by Gasteiger charge is -2.15. The molecule has 10 heteroatoms. The number of rotatable bonds is 7. The van der Waals surface area contributed by atoms with Gasteiger partial charge in [0, 0.05) is 49.8 Å². The standard InChI is InChI=1S/C13H17F2N3O4.ClH/c14-13(15)22-12-2-1-10(18(20)21)3-8(12)4-16-5-9-6-17-7-11(9)19;/h1-3,9,11,13,16-17,19H,4-7H2;1H. The molecule has 2 unspecified atom stereocenters. The number of nitro groups is 1. The lowest BCUT2D eigenvalue weighted by molar-refractivity contribution is -0.385. The Morgan fingerprint density at radius 3 is 2.78 bits per heavy atom. The quantitative estimate of drug-likeness (QED) is 0.505. The minimum absolute atomic E-state index is 0. The third-order valence-corrected chi connectivity index (χ3v) is 3.50. The first-order valence-corrected chi connectivity index (χ1v) is 6.79. The SMILES string of the molecule is Cl.O=[N+]([O-])c1ccc(OC(F)F)c(CNCC2CNCC2O)c1. The van der Waals surface area contributed by atoms with E-state index >= 15 is 0 Å². The van der Waals surface area contributed by atoms with Crippen molar-refractivity contribution in [1.82, 2.24) is 10.6 Å². The number of aliphatic hydroxyl groups is 1. The molecule has 1 fully saturated rings. The van der Waals surface area contributed by atoms with E-state index in [0.717, 1.165) is 12.1 Å². The van der Waals surface area contributed by atoms with E-state index in [1.807, 2.05) is 0 Å². The highest BCUT2D eigenvalue weighted by atomic mass is 35.5. The second-order valence-electron chi connectivity index (χ2n) is 5.04. The zero-order valence-electron chi connectivity index (χ0n) is 12.1. The molecule has 0 radical (unpaired) electrons. The topological polar surface area (TPSA) is 96.7 Å². The molecule has 1 aromatic rings. The smallest absolute Gasteiger partial charge is 0.387 e. The van der Waals surface area contributed by atoms with Crippen LogP contribution in [0.4, 0.5) is 14.5 Å². The Balaban J connectivity index is 0.00000264. The Morgan fingerprint density at radius 2 is 2.22 bits per heavy atom. The van der Waals surface area contributed by atoms with Gasteiger partial charge in [-0.15, -0.1) is 12.4 Å². The van der Waals surface area contributed by atoms with Gasteiger partial charge in [0.15, 0.2) is 0 Å². The predicted molar refractivity (Wildman–Crippen MR) is 81.0 cm³/mol. The first-order valence-electron chi connectivity index (χ1n) is 6.79. The number of aliphatic hydroxyl groups excluding tert-OH is 1. The molecule has 2 rings (SSSR count). The van der Waals surface area contributed by atoms with E-state index in [1.165, 1.54) is 6.07 Å². The van der Waals surface area contributed by atoms with Crippen LogP contribution in [0.15, 0.2) is 18.2 Å². The molecule has 1 aliphatic heterocycles. The van der Waals surface area contributed by atoms with Crippen molar-refractivity contribution in [2.75, 3.05) is 19.6 Å². The highest BCUT2D eigenvalue weighted by molar-refractivity contribution is 5.85. The fourth-order valence-corrected chi connectivity index (χ4v) is 2.35. The summed E-state index contributed by atoms with van der Waals surface area (Å²) < 4.78 is 29.1. The van der Waals surface area contributed by atoms with Crippen molar-refractivity contribution in [3.05, 3.63) is 33.9 Å². The summed E-state index contributed by atoms with van der Waals surface area (Å²) in [5.74, 6) is -0.0867. The Hall–Kier alpha value is -1.55. The first-order chi connectivity index (χ1) is 10.5. The number of β-amino-alcohol motifs (C(OH)–C–C–N with tert-alkyl or cyclic N) is 1. The Labute approximate surface area is 137 Å². The van der Waals surface area contributed by atoms with Gasteiger partial charge in [-0.05, 0) is 6.07 Å². The van der Waals surface area contributed by atoms with E-state index in [4.69, 9.17) is 0 Å². The average Bonchev–Trinajstić information content (AvgIpc) is 2.85. The lowest BCUT2D eigenvalue weighted by Crippen LogP contribution is -2.30. The maximum absolute atomic E-state index is 12.4. The van der Waals surface area contributed by atoms with Gasteiger partial charge >= 0.3 is 6.61 Å². The van der Waals surface area contributed by atoms with E-state index < -0.39 is 17.6 Å². The van der Waals surface area contributed by atoms with Gasteiger partial charge in [-0.25, -0.2) is 0 Å². The van der Waals surface area contributed by atoms with Crippen LogP contribution in [-0.2, 0) is 6.54 Å². The molecule has 23 heavy (non-hydrogen) atoms. The van der Waals surface area contributed by atoms with Crippen LogP contribution in [0.3, 0.4) is 0 Å². The van der Waals surface area contributed by atoms with Crippen molar-refractivity contribution >= 4 is 18.1 Å². The van der Waals surface area contributed by atoms with Crippen LogP contribution in [0.25, 0.3) is 0 Å².